The number of halogens is 1. The molecule has 1 aromatic carbocycles. The Morgan fingerprint density at radius 3 is 2.75 bits per heavy atom. The van der Waals surface area contributed by atoms with Gasteiger partial charge in [-0.05, 0) is 18.2 Å². The average Bonchev–Trinajstić information content (AvgIpc) is 3.00. The number of anilines is 2. The Balaban J connectivity index is 1.71. The van der Waals surface area contributed by atoms with Crippen molar-refractivity contribution >= 4 is 39.9 Å². The summed E-state index contributed by atoms with van der Waals surface area (Å²) in [7, 11) is -3.95. The number of rotatable bonds is 5. The highest BCUT2D eigenvalue weighted by atomic mass is 32.2. The molecule has 1 aromatic rings. The van der Waals surface area contributed by atoms with Crippen LogP contribution < -0.4 is 20.3 Å². The number of nitrogens with two attached hydrogens (primary N) is 1. The van der Waals surface area contributed by atoms with Crippen LogP contribution in [-0.2, 0) is 19.7 Å². The molecule has 3 N–H and O–H groups in total. The Labute approximate surface area is 160 Å². The van der Waals surface area contributed by atoms with Crippen molar-refractivity contribution in [2.45, 2.75) is 13.0 Å². The smallest absolute Gasteiger partial charge is 0.414 e. The number of carbonyl (C=O) groups excluding carboxylic acids is 2. The van der Waals surface area contributed by atoms with Crippen LogP contribution in [0, 0.1) is 5.82 Å². The maximum Gasteiger partial charge on any atom is 0.414 e. The second kappa shape index (κ2) is 7.59. The van der Waals surface area contributed by atoms with E-state index in [0.717, 1.165) is 0 Å². The Bertz CT molecular complexity index is 923. The SMILES string of the molecule is CC(=O)NCC1CN(c2ccc(N3C=NN(S(N)(=O)=O)CC3)c(F)c2)C(=O)O1. The molecule has 0 radical (unpaired) electrons. The number of hydrogen-bond donors (Lipinski definition) is 2. The highest BCUT2D eigenvalue weighted by molar-refractivity contribution is 7.86. The summed E-state index contributed by atoms with van der Waals surface area (Å²) in [6.45, 7) is 1.82. The van der Waals surface area contributed by atoms with Crippen molar-refractivity contribution in [3.05, 3.63) is 24.0 Å². The zero-order valence-electron chi connectivity index (χ0n) is 14.9. The van der Waals surface area contributed by atoms with Gasteiger partial charge >= 0.3 is 16.3 Å². The number of hydrogen-bond acceptors (Lipinski definition) is 7. The molecular formula is C15H19FN6O5S. The largest absolute Gasteiger partial charge is 0.442 e. The van der Waals surface area contributed by atoms with Crippen LogP contribution in [0.1, 0.15) is 6.92 Å². The summed E-state index contributed by atoms with van der Waals surface area (Å²) >= 11 is 0. The molecule has 0 saturated carbocycles. The van der Waals surface area contributed by atoms with Gasteiger partial charge in [-0.3, -0.25) is 9.69 Å². The summed E-state index contributed by atoms with van der Waals surface area (Å²) in [4.78, 5) is 25.7. The molecule has 13 heteroatoms. The van der Waals surface area contributed by atoms with Gasteiger partial charge in [-0.15, -0.1) is 0 Å². The molecule has 2 aliphatic rings. The third-order valence-electron chi connectivity index (χ3n) is 4.15. The van der Waals surface area contributed by atoms with E-state index >= 15 is 0 Å². The van der Waals surface area contributed by atoms with E-state index < -0.39 is 28.2 Å². The molecule has 0 aliphatic carbocycles. The van der Waals surface area contributed by atoms with Crippen LogP contribution in [0.4, 0.5) is 20.6 Å². The Kier molecular flexibility index (Phi) is 5.38. The van der Waals surface area contributed by atoms with Crippen LogP contribution >= 0.6 is 0 Å². The Hall–Kier alpha value is -2.93. The van der Waals surface area contributed by atoms with Crippen molar-refractivity contribution < 1.29 is 27.1 Å². The summed E-state index contributed by atoms with van der Waals surface area (Å²) in [5.74, 6) is -0.861. The zero-order chi connectivity index (χ0) is 20.5. The third-order valence-corrected chi connectivity index (χ3v) is 5.02. The van der Waals surface area contributed by atoms with Crippen LogP contribution in [0.3, 0.4) is 0 Å². The average molecular weight is 414 g/mol. The molecule has 1 fully saturated rings. The number of cyclic esters (lactones) is 1. The lowest BCUT2D eigenvalue weighted by molar-refractivity contribution is -0.119. The number of hydrazone groups is 1. The molecule has 2 amide bonds. The minimum Gasteiger partial charge on any atom is -0.442 e. The van der Waals surface area contributed by atoms with Gasteiger partial charge in [0.15, 0.2) is 0 Å². The molecule has 1 unspecified atom stereocenters. The molecular weight excluding hydrogens is 395 g/mol. The van der Waals surface area contributed by atoms with Gasteiger partial charge < -0.3 is 15.0 Å². The van der Waals surface area contributed by atoms with Gasteiger partial charge in [0, 0.05) is 13.5 Å². The van der Waals surface area contributed by atoms with E-state index in [2.05, 4.69) is 10.4 Å². The standard InChI is InChI=1S/C15H19FN6O5S/c1-10(23)18-7-12-8-21(15(24)27-12)11-2-3-14(13(16)6-11)20-4-5-22(19-9-20)28(17,25)26/h2-3,6,9,12H,4-5,7-8H2,1H3,(H,18,23)(H2,17,25,26). The van der Waals surface area contributed by atoms with E-state index in [1.54, 1.807) is 6.07 Å². The fraction of sp³-hybridized carbons (Fsp3) is 0.400. The first kappa shape index (κ1) is 19.8. The number of amides is 2. The second-order valence-corrected chi connectivity index (χ2v) is 7.66. The van der Waals surface area contributed by atoms with Crippen molar-refractivity contribution in [3.8, 4) is 0 Å². The number of nitrogens with one attached hydrogen (secondary N) is 1. The molecule has 0 spiro atoms. The van der Waals surface area contributed by atoms with Crippen LogP contribution in [-0.4, -0.2) is 63.5 Å². The first-order valence-corrected chi connectivity index (χ1v) is 9.79. The monoisotopic (exact) mass is 414 g/mol. The Morgan fingerprint density at radius 2 is 2.18 bits per heavy atom. The molecule has 2 aliphatic heterocycles. The normalized spacial score (nSPS) is 19.8. The van der Waals surface area contributed by atoms with Crippen LogP contribution in [0.5, 0.6) is 0 Å². The lowest BCUT2D eigenvalue weighted by atomic mass is 10.2. The second-order valence-electron chi connectivity index (χ2n) is 6.20. The van der Waals surface area contributed by atoms with Gasteiger partial charge in [0.2, 0.25) is 5.91 Å². The number of ether oxygens (including phenoxy) is 1. The van der Waals surface area contributed by atoms with Gasteiger partial charge in [0.1, 0.15) is 18.3 Å². The summed E-state index contributed by atoms with van der Waals surface area (Å²) in [5, 5.41) is 11.3. The fourth-order valence-electron chi connectivity index (χ4n) is 2.80. The van der Waals surface area contributed by atoms with E-state index in [1.165, 1.54) is 35.2 Å². The van der Waals surface area contributed by atoms with Gasteiger partial charge in [0.25, 0.3) is 0 Å². The van der Waals surface area contributed by atoms with Crippen molar-refractivity contribution in [2.24, 2.45) is 10.2 Å². The van der Waals surface area contributed by atoms with E-state index in [4.69, 9.17) is 9.88 Å². The lowest BCUT2D eigenvalue weighted by Gasteiger charge is -2.28. The van der Waals surface area contributed by atoms with E-state index in [-0.39, 0.29) is 37.8 Å². The maximum atomic E-state index is 14.6. The van der Waals surface area contributed by atoms with Gasteiger partial charge in [-0.25, -0.2) is 14.3 Å². The van der Waals surface area contributed by atoms with Crippen LogP contribution in [0.2, 0.25) is 0 Å². The summed E-state index contributed by atoms with van der Waals surface area (Å²) < 4.78 is 43.0. The summed E-state index contributed by atoms with van der Waals surface area (Å²) in [5.41, 5.74) is 0.473. The third kappa shape index (κ3) is 4.31. The number of carbonyl (C=O) groups is 2. The summed E-state index contributed by atoms with van der Waals surface area (Å²) in [6.07, 6.45) is 0.00272. The van der Waals surface area contributed by atoms with Crippen molar-refractivity contribution in [3.63, 3.8) is 0 Å². The highest BCUT2D eigenvalue weighted by Crippen LogP contribution is 2.28. The molecule has 1 atom stereocenters. The molecule has 28 heavy (non-hydrogen) atoms. The van der Waals surface area contributed by atoms with Crippen LogP contribution in [0.15, 0.2) is 23.3 Å². The van der Waals surface area contributed by atoms with Crippen LogP contribution in [0.25, 0.3) is 0 Å². The first-order valence-electron chi connectivity index (χ1n) is 8.28. The molecule has 1 saturated heterocycles. The lowest BCUT2D eigenvalue weighted by Crippen LogP contribution is -2.43. The minimum atomic E-state index is -3.95. The quantitative estimate of drug-likeness (QED) is 0.670. The van der Waals surface area contributed by atoms with E-state index in [9.17, 15) is 22.4 Å². The maximum absolute atomic E-state index is 14.6. The van der Waals surface area contributed by atoms with Gasteiger partial charge in [-0.2, -0.15) is 17.9 Å². The molecule has 0 bridgehead atoms. The molecule has 2 heterocycles. The molecule has 3 rings (SSSR count). The highest BCUT2D eigenvalue weighted by Gasteiger charge is 2.33. The van der Waals surface area contributed by atoms with E-state index in [0.29, 0.717) is 10.1 Å². The predicted molar refractivity (Wildman–Crippen MR) is 98.3 cm³/mol. The summed E-state index contributed by atoms with van der Waals surface area (Å²) in [6, 6.07) is 4.18. The van der Waals surface area contributed by atoms with Gasteiger partial charge in [0.05, 0.1) is 31.0 Å². The number of benzene rings is 1. The topological polar surface area (TPSA) is 138 Å². The zero-order valence-corrected chi connectivity index (χ0v) is 15.7. The van der Waals surface area contributed by atoms with Crippen molar-refractivity contribution in [2.75, 3.05) is 36.0 Å². The first-order chi connectivity index (χ1) is 13.1. The van der Waals surface area contributed by atoms with Crippen molar-refractivity contribution in [1.29, 1.82) is 0 Å². The predicted octanol–water partition coefficient (Wildman–Crippen LogP) is -0.444. The Morgan fingerprint density at radius 1 is 1.43 bits per heavy atom. The fourth-order valence-corrected chi connectivity index (χ4v) is 3.31. The van der Waals surface area contributed by atoms with E-state index in [1.807, 2.05) is 0 Å². The minimum absolute atomic E-state index is 0.0280. The van der Waals surface area contributed by atoms with Crippen molar-refractivity contribution in [1.82, 2.24) is 9.73 Å². The number of nitrogens with zero attached hydrogens (tertiary/aromatic N) is 4. The molecule has 152 valence electrons. The molecule has 0 aromatic heterocycles. The molecule has 11 nitrogen and oxygen atoms in total. The van der Waals surface area contributed by atoms with Gasteiger partial charge in [-0.1, -0.05) is 0 Å².